The largest absolute Gasteiger partial charge is 0.503 e. The predicted octanol–water partition coefficient (Wildman–Crippen LogP) is 10.6. The van der Waals surface area contributed by atoms with Gasteiger partial charge in [-0.05, 0) is 12.8 Å². The minimum Gasteiger partial charge on any atom is -0.503 e. The molecule has 0 aliphatic carbocycles. The molecule has 0 unspecified atom stereocenters. The van der Waals surface area contributed by atoms with Gasteiger partial charge in [-0.15, -0.1) is 0 Å². The van der Waals surface area contributed by atoms with Crippen molar-refractivity contribution in [2.75, 3.05) is 0 Å². The van der Waals surface area contributed by atoms with Gasteiger partial charge in [0.25, 0.3) is 10.9 Å². The van der Waals surface area contributed by atoms with E-state index in [1.54, 1.807) is 21.5 Å². The van der Waals surface area contributed by atoms with Gasteiger partial charge in [0.15, 0.2) is 23.0 Å². The van der Waals surface area contributed by atoms with Crippen molar-refractivity contribution in [1.29, 1.82) is 0 Å². The first-order valence-corrected chi connectivity index (χ1v) is 18.5. The summed E-state index contributed by atoms with van der Waals surface area (Å²) >= 11 is 0. The maximum absolute atomic E-state index is 12.6. The van der Waals surface area contributed by atoms with Gasteiger partial charge in [0, 0.05) is 13.1 Å². The van der Waals surface area contributed by atoms with E-state index >= 15 is 0 Å². The lowest BCUT2D eigenvalue weighted by Gasteiger charge is -2.13. The molecular weight excluding hydrogens is 564 g/mol. The zero-order valence-corrected chi connectivity index (χ0v) is 28.7. The maximum Gasteiger partial charge on any atom is 0.265 e. The number of hydrogen-bond donors (Lipinski definition) is 2. The first kappa shape index (κ1) is 38.5. The molecule has 7 heteroatoms. The Morgan fingerprint density at radius 2 is 0.711 bits per heavy atom. The lowest BCUT2D eigenvalue weighted by Crippen LogP contribution is -2.14. The lowest BCUT2D eigenvalue weighted by molar-refractivity contribution is 0.412. The zero-order chi connectivity index (χ0) is 32.5. The minimum atomic E-state index is -0.670. The Labute approximate surface area is 273 Å². The molecular formula is C38H64N2O5. The molecule has 256 valence electrons. The molecule has 2 aromatic rings. The van der Waals surface area contributed by atoms with Gasteiger partial charge in [0.05, 0.1) is 24.8 Å². The van der Waals surface area contributed by atoms with E-state index < -0.39 is 22.4 Å². The summed E-state index contributed by atoms with van der Waals surface area (Å²) in [6.45, 7) is 5.79. The molecule has 0 aliphatic heterocycles. The van der Waals surface area contributed by atoms with E-state index in [0.717, 1.165) is 25.7 Å². The monoisotopic (exact) mass is 628 g/mol. The highest BCUT2D eigenvalue weighted by molar-refractivity contribution is 5.35. The average molecular weight is 629 g/mol. The molecule has 0 aromatic carbocycles. The van der Waals surface area contributed by atoms with Crippen LogP contribution < -0.4 is 15.6 Å². The number of ether oxygens (including phenoxy) is 1. The Morgan fingerprint density at radius 3 is 1.00 bits per heavy atom. The second kappa shape index (κ2) is 24.5. The van der Waals surface area contributed by atoms with Crippen LogP contribution in [0.3, 0.4) is 0 Å². The van der Waals surface area contributed by atoms with Crippen LogP contribution in [0.5, 0.6) is 23.0 Å². The molecule has 0 saturated heterocycles. The maximum atomic E-state index is 12.6. The molecule has 45 heavy (non-hydrogen) atoms. The number of unbranched alkanes of at least 4 members (excludes halogenated alkanes) is 22. The Hall–Kier alpha value is -2.70. The number of rotatable bonds is 28. The molecule has 2 aromatic heterocycles. The van der Waals surface area contributed by atoms with Crippen molar-refractivity contribution in [3.63, 3.8) is 0 Å². The van der Waals surface area contributed by atoms with Crippen molar-refractivity contribution >= 4 is 0 Å². The topological polar surface area (TPSA) is 93.7 Å². The summed E-state index contributed by atoms with van der Waals surface area (Å²) in [5.41, 5.74) is -1.34. The molecule has 0 atom stereocenters. The van der Waals surface area contributed by atoms with Crippen LogP contribution in [-0.2, 0) is 13.1 Å². The SMILES string of the molecule is CCCCCCCCCCCCCCn1cc(O)c(=O)c(Oc2cn(CCCCCCCCCCCCCC)cc(O)c2=O)c1. The second-order valence-electron chi connectivity index (χ2n) is 13.0. The fourth-order valence-corrected chi connectivity index (χ4v) is 5.97. The van der Waals surface area contributed by atoms with Gasteiger partial charge in [-0.2, -0.15) is 0 Å². The summed E-state index contributed by atoms with van der Waals surface area (Å²) in [5, 5.41) is 20.5. The quantitative estimate of drug-likeness (QED) is 0.0914. The van der Waals surface area contributed by atoms with Crippen molar-refractivity contribution in [2.24, 2.45) is 0 Å². The van der Waals surface area contributed by atoms with Crippen molar-refractivity contribution in [2.45, 2.75) is 181 Å². The van der Waals surface area contributed by atoms with E-state index in [0.29, 0.717) is 13.1 Å². The van der Waals surface area contributed by atoms with Crippen LogP contribution in [0.2, 0.25) is 0 Å². The molecule has 0 fully saturated rings. The molecule has 0 aliphatic rings. The van der Waals surface area contributed by atoms with E-state index in [2.05, 4.69) is 13.8 Å². The van der Waals surface area contributed by atoms with Gasteiger partial charge >= 0.3 is 0 Å². The number of aromatic nitrogens is 2. The fourth-order valence-electron chi connectivity index (χ4n) is 5.97. The number of hydrogen-bond acceptors (Lipinski definition) is 5. The number of aromatic hydroxyl groups is 2. The normalized spacial score (nSPS) is 11.3. The van der Waals surface area contributed by atoms with Crippen LogP contribution in [0.1, 0.15) is 168 Å². The molecule has 0 amide bonds. The van der Waals surface area contributed by atoms with Crippen molar-refractivity contribution < 1.29 is 14.9 Å². The Morgan fingerprint density at radius 1 is 0.444 bits per heavy atom. The molecule has 2 rings (SSSR count). The number of pyridine rings is 2. The first-order valence-electron chi connectivity index (χ1n) is 18.5. The Bertz CT molecular complexity index is 1070. The zero-order valence-electron chi connectivity index (χ0n) is 28.7. The third-order valence-electron chi connectivity index (χ3n) is 8.81. The van der Waals surface area contributed by atoms with Gasteiger partial charge in [0.1, 0.15) is 0 Å². The lowest BCUT2D eigenvalue weighted by atomic mass is 10.1. The molecule has 0 saturated carbocycles. The third kappa shape index (κ3) is 17.0. The predicted molar refractivity (Wildman–Crippen MR) is 187 cm³/mol. The molecule has 0 bridgehead atoms. The molecule has 0 radical (unpaired) electrons. The number of nitrogens with zero attached hydrogens (tertiary/aromatic N) is 2. The minimum absolute atomic E-state index is 0.117. The fraction of sp³-hybridized carbons (Fsp3) is 0.737. The highest BCUT2D eigenvalue weighted by Gasteiger charge is 2.14. The standard InChI is InChI=1S/C38H64N2O5/c1-3-5-7-9-11-13-15-17-19-21-23-25-27-39-29-33(41)37(43)35(31-39)45-36-32-40(30-34(42)38(36)44)28-26-24-22-20-18-16-14-12-10-8-6-4-2/h29-32,41-42H,3-28H2,1-2H3. The van der Waals surface area contributed by atoms with E-state index in [9.17, 15) is 19.8 Å². The van der Waals surface area contributed by atoms with Gasteiger partial charge in [-0.3, -0.25) is 9.59 Å². The Kier molecular flexibility index (Phi) is 21.0. The molecule has 7 nitrogen and oxygen atoms in total. The summed E-state index contributed by atoms with van der Waals surface area (Å²) in [6.07, 6.45) is 36.1. The molecule has 0 spiro atoms. The van der Waals surface area contributed by atoms with Crippen LogP contribution in [0.15, 0.2) is 34.4 Å². The second-order valence-corrected chi connectivity index (χ2v) is 13.0. The van der Waals surface area contributed by atoms with Crippen LogP contribution in [0, 0.1) is 0 Å². The van der Waals surface area contributed by atoms with E-state index in [4.69, 9.17) is 4.74 Å². The average Bonchev–Trinajstić information content (AvgIpc) is 3.02. The van der Waals surface area contributed by atoms with Crippen molar-refractivity contribution in [1.82, 2.24) is 9.13 Å². The molecule has 2 heterocycles. The summed E-state index contributed by atoms with van der Waals surface area (Å²) in [4.78, 5) is 25.2. The van der Waals surface area contributed by atoms with Crippen molar-refractivity contribution in [3.8, 4) is 23.0 Å². The van der Waals surface area contributed by atoms with Crippen LogP contribution in [0.4, 0.5) is 0 Å². The molecule has 2 N–H and O–H groups in total. The van der Waals surface area contributed by atoms with Crippen LogP contribution in [0.25, 0.3) is 0 Å². The van der Waals surface area contributed by atoms with Gasteiger partial charge < -0.3 is 24.1 Å². The van der Waals surface area contributed by atoms with Gasteiger partial charge in [-0.25, -0.2) is 0 Å². The summed E-state index contributed by atoms with van der Waals surface area (Å²) in [7, 11) is 0. The summed E-state index contributed by atoms with van der Waals surface area (Å²) in [6, 6.07) is 0. The number of aryl methyl sites for hydroxylation is 2. The van der Waals surface area contributed by atoms with Gasteiger partial charge in [0.2, 0.25) is 0 Å². The highest BCUT2D eigenvalue weighted by Crippen LogP contribution is 2.21. The third-order valence-corrected chi connectivity index (χ3v) is 8.81. The first-order chi connectivity index (χ1) is 22.0. The van der Waals surface area contributed by atoms with E-state index in [1.165, 1.54) is 141 Å². The Balaban J connectivity index is 1.74. The van der Waals surface area contributed by atoms with Gasteiger partial charge in [-0.1, -0.05) is 155 Å². The van der Waals surface area contributed by atoms with Crippen LogP contribution in [-0.4, -0.2) is 19.3 Å². The summed E-state index contributed by atoms with van der Waals surface area (Å²) < 4.78 is 9.22. The van der Waals surface area contributed by atoms with Crippen LogP contribution >= 0.6 is 0 Å². The van der Waals surface area contributed by atoms with E-state index in [-0.39, 0.29) is 11.5 Å². The summed E-state index contributed by atoms with van der Waals surface area (Å²) in [5.74, 6) is -1.06. The smallest absolute Gasteiger partial charge is 0.265 e. The van der Waals surface area contributed by atoms with E-state index in [1.807, 2.05) is 0 Å². The van der Waals surface area contributed by atoms with Crippen molar-refractivity contribution in [3.05, 3.63) is 45.2 Å². The highest BCUT2D eigenvalue weighted by atomic mass is 16.5.